The number of rotatable bonds is 16. The van der Waals surface area contributed by atoms with Gasteiger partial charge in [0, 0.05) is 29.0 Å². The van der Waals surface area contributed by atoms with Crippen molar-refractivity contribution in [1.29, 1.82) is 0 Å². The van der Waals surface area contributed by atoms with Crippen LogP contribution in [0.25, 0.3) is 11.1 Å². The molecular weight excluding hydrogens is 588 g/mol. The summed E-state index contributed by atoms with van der Waals surface area (Å²) in [4.78, 5) is 78.3. The van der Waals surface area contributed by atoms with Crippen LogP contribution in [0.15, 0.2) is 72.8 Å². The Morgan fingerprint density at radius 1 is 0.826 bits per heavy atom. The Labute approximate surface area is 267 Å². The fraction of sp³-hybridized carbons (Fsp3) is 0.333. The summed E-state index contributed by atoms with van der Waals surface area (Å²) in [6.45, 7) is 4.80. The number of carbonyl (C=O) groups excluding carboxylic acids is 6. The first-order valence-electron chi connectivity index (χ1n) is 15.3. The monoisotopic (exact) mass is 626 g/mol. The molecule has 46 heavy (non-hydrogen) atoms. The minimum absolute atomic E-state index is 0.00674. The molecule has 2 N–H and O–H groups in total. The average Bonchev–Trinajstić information content (AvgIpc) is 3.34. The van der Waals surface area contributed by atoms with Crippen molar-refractivity contribution < 1.29 is 38.2 Å². The predicted octanol–water partition coefficient (Wildman–Crippen LogP) is 4.08. The molecule has 2 atom stereocenters. The van der Waals surface area contributed by atoms with Crippen LogP contribution in [0.5, 0.6) is 0 Å². The third kappa shape index (κ3) is 8.39. The summed E-state index contributed by atoms with van der Waals surface area (Å²) in [6, 6.07) is 20.0. The molecule has 1 aliphatic rings. The molecule has 0 aliphatic heterocycles. The highest BCUT2D eigenvalue weighted by Gasteiger charge is 2.34. The third-order valence-electron chi connectivity index (χ3n) is 7.56. The van der Waals surface area contributed by atoms with E-state index >= 15 is 0 Å². The number of amides is 2. The molecule has 0 spiro atoms. The molecule has 3 aromatic rings. The van der Waals surface area contributed by atoms with Crippen molar-refractivity contribution in [2.45, 2.75) is 46.3 Å². The lowest BCUT2D eigenvalue weighted by molar-refractivity contribution is -0.146. The zero-order valence-electron chi connectivity index (χ0n) is 26.2. The number of hydrogen-bond acceptors (Lipinski definition) is 8. The van der Waals surface area contributed by atoms with E-state index in [0.717, 1.165) is 11.1 Å². The van der Waals surface area contributed by atoms with Gasteiger partial charge in [0.1, 0.15) is 12.6 Å². The normalized spacial score (nSPS) is 12.9. The summed E-state index contributed by atoms with van der Waals surface area (Å²) in [5, 5.41) is 4.85. The van der Waals surface area contributed by atoms with Gasteiger partial charge in [0.15, 0.2) is 11.6 Å². The van der Waals surface area contributed by atoms with Gasteiger partial charge in [-0.3, -0.25) is 28.8 Å². The van der Waals surface area contributed by atoms with Crippen LogP contribution in [-0.2, 0) is 35.3 Å². The molecule has 0 fully saturated rings. The molecule has 0 heterocycles. The van der Waals surface area contributed by atoms with Crippen molar-refractivity contribution in [1.82, 2.24) is 10.6 Å². The number of fused-ring (bicyclic) bond motifs is 3. The molecule has 0 radical (unpaired) electrons. The van der Waals surface area contributed by atoms with Gasteiger partial charge in [0.2, 0.25) is 11.7 Å². The smallest absolute Gasteiger partial charge is 0.325 e. The minimum Gasteiger partial charge on any atom is -0.465 e. The summed E-state index contributed by atoms with van der Waals surface area (Å²) in [7, 11) is 0. The van der Waals surface area contributed by atoms with Gasteiger partial charge >= 0.3 is 5.97 Å². The maximum atomic E-state index is 13.7. The second-order valence-corrected chi connectivity index (χ2v) is 11.5. The van der Waals surface area contributed by atoms with E-state index in [1.807, 2.05) is 56.3 Å². The lowest BCUT2D eigenvalue weighted by atomic mass is 9.87. The first-order chi connectivity index (χ1) is 22.1. The molecule has 1 aliphatic carbocycles. The summed E-state index contributed by atoms with van der Waals surface area (Å²) in [6.07, 6.45) is 0.0898. The molecule has 4 rings (SSSR count). The van der Waals surface area contributed by atoms with Gasteiger partial charge in [-0.1, -0.05) is 86.6 Å². The standard InChI is InChI=1S/C36H38N2O8/c1-4-46-31(40)19-37-36(44)34(42)29(21-45-20-23-11-6-5-7-12-23)38-35(43)24(17-22(2)3)18-30(39)28-16-10-15-26-25-13-8-9-14-27(25)33(41)32(26)28/h5-16,22,24,29H,4,17-21H2,1-3H3,(H,37,44)(H,38,43)/t24-,29+/m1/s1. The fourth-order valence-electron chi connectivity index (χ4n) is 5.44. The molecule has 0 unspecified atom stereocenters. The number of esters is 1. The Kier molecular flexibility index (Phi) is 11.7. The molecule has 10 heteroatoms. The first-order valence-corrected chi connectivity index (χ1v) is 15.3. The Bertz CT molecular complexity index is 1620. The molecule has 0 aromatic heterocycles. The topological polar surface area (TPSA) is 145 Å². The van der Waals surface area contributed by atoms with Gasteiger partial charge in [-0.2, -0.15) is 0 Å². The highest BCUT2D eigenvalue weighted by atomic mass is 16.5. The number of hydrogen-bond donors (Lipinski definition) is 2. The fourth-order valence-corrected chi connectivity index (χ4v) is 5.44. The summed E-state index contributed by atoms with van der Waals surface area (Å²) in [5.74, 6) is -4.90. The summed E-state index contributed by atoms with van der Waals surface area (Å²) < 4.78 is 10.5. The average molecular weight is 627 g/mol. The largest absolute Gasteiger partial charge is 0.465 e. The molecule has 240 valence electrons. The number of ether oxygens (including phenoxy) is 2. The van der Waals surface area contributed by atoms with E-state index in [-0.39, 0.29) is 49.3 Å². The zero-order valence-corrected chi connectivity index (χ0v) is 26.2. The van der Waals surface area contributed by atoms with Gasteiger partial charge in [-0.25, -0.2) is 0 Å². The van der Waals surface area contributed by atoms with Crippen molar-refractivity contribution >= 4 is 35.1 Å². The summed E-state index contributed by atoms with van der Waals surface area (Å²) >= 11 is 0. The predicted molar refractivity (Wildman–Crippen MR) is 170 cm³/mol. The highest BCUT2D eigenvalue weighted by Crippen LogP contribution is 2.38. The molecule has 3 aromatic carbocycles. The van der Waals surface area contributed by atoms with E-state index in [1.165, 1.54) is 0 Å². The van der Waals surface area contributed by atoms with Crippen LogP contribution in [0, 0.1) is 11.8 Å². The minimum atomic E-state index is -1.39. The SMILES string of the molecule is CCOC(=O)CNC(=O)C(=O)[C@H](COCc1ccccc1)NC(=O)[C@@H](CC(=O)c1cccc2c1C(=O)c1ccccc1-2)CC(C)C. The second-order valence-electron chi connectivity index (χ2n) is 11.5. The van der Waals surface area contributed by atoms with Crippen molar-refractivity contribution in [3.05, 3.63) is 95.1 Å². The van der Waals surface area contributed by atoms with Crippen LogP contribution in [0.1, 0.15) is 65.5 Å². The maximum Gasteiger partial charge on any atom is 0.325 e. The molecule has 0 bridgehead atoms. The Morgan fingerprint density at radius 2 is 1.50 bits per heavy atom. The van der Waals surface area contributed by atoms with Gasteiger partial charge in [0.25, 0.3) is 5.91 Å². The van der Waals surface area contributed by atoms with Gasteiger partial charge in [0.05, 0.1) is 19.8 Å². The van der Waals surface area contributed by atoms with E-state index < -0.39 is 42.1 Å². The number of nitrogens with one attached hydrogen (secondary N) is 2. The van der Waals surface area contributed by atoms with Crippen LogP contribution in [0.4, 0.5) is 0 Å². The Balaban J connectivity index is 1.51. The second kappa shape index (κ2) is 15.9. The van der Waals surface area contributed by atoms with E-state index in [0.29, 0.717) is 23.1 Å². The number of carbonyl (C=O) groups is 6. The van der Waals surface area contributed by atoms with Crippen LogP contribution >= 0.6 is 0 Å². The van der Waals surface area contributed by atoms with Crippen LogP contribution in [-0.4, -0.2) is 60.9 Å². The lowest BCUT2D eigenvalue weighted by Crippen LogP contribution is -2.52. The van der Waals surface area contributed by atoms with Crippen molar-refractivity contribution in [3.63, 3.8) is 0 Å². The van der Waals surface area contributed by atoms with E-state index in [9.17, 15) is 28.8 Å². The third-order valence-corrected chi connectivity index (χ3v) is 7.56. The Hall–Kier alpha value is -4.96. The molecular formula is C36H38N2O8. The number of Topliss-reactive ketones (excluding diaryl/α,β-unsaturated/α-hetero) is 2. The van der Waals surface area contributed by atoms with E-state index in [1.54, 1.807) is 37.3 Å². The van der Waals surface area contributed by atoms with Crippen LogP contribution in [0.2, 0.25) is 0 Å². The van der Waals surface area contributed by atoms with Gasteiger partial charge in [-0.15, -0.1) is 0 Å². The van der Waals surface area contributed by atoms with E-state index in [4.69, 9.17) is 9.47 Å². The highest BCUT2D eigenvalue weighted by molar-refractivity contribution is 6.38. The summed E-state index contributed by atoms with van der Waals surface area (Å²) in [5.41, 5.74) is 3.32. The van der Waals surface area contributed by atoms with E-state index in [2.05, 4.69) is 10.6 Å². The first kappa shape index (κ1) is 33.9. The van der Waals surface area contributed by atoms with Crippen molar-refractivity contribution in [2.75, 3.05) is 19.8 Å². The van der Waals surface area contributed by atoms with Crippen LogP contribution < -0.4 is 10.6 Å². The maximum absolute atomic E-state index is 13.7. The molecule has 0 saturated heterocycles. The lowest BCUT2D eigenvalue weighted by Gasteiger charge is -2.23. The van der Waals surface area contributed by atoms with Gasteiger partial charge < -0.3 is 20.1 Å². The number of benzene rings is 3. The molecule has 10 nitrogen and oxygen atoms in total. The molecule has 2 amide bonds. The Morgan fingerprint density at radius 3 is 2.20 bits per heavy atom. The van der Waals surface area contributed by atoms with Crippen LogP contribution in [0.3, 0.4) is 0 Å². The van der Waals surface area contributed by atoms with Crippen molar-refractivity contribution in [3.8, 4) is 11.1 Å². The van der Waals surface area contributed by atoms with Crippen molar-refractivity contribution in [2.24, 2.45) is 11.8 Å². The quantitative estimate of drug-likeness (QED) is 0.108. The number of ketones is 3. The van der Waals surface area contributed by atoms with Gasteiger partial charge in [-0.05, 0) is 36.0 Å². The zero-order chi connectivity index (χ0) is 33.2. The molecule has 0 saturated carbocycles.